The molecule has 2 fully saturated rings. The number of likely N-dealkylation sites (N-methyl/N-ethyl adjacent to an activating group) is 2. The van der Waals surface area contributed by atoms with Crippen LogP contribution in [0.2, 0.25) is 0 Å². The van der Waals surface area contributed by atoms with Crippen LogP contribution in [0.5, 0.6) is 0 Å². The van der Waals surface area contributed by atoms with E-state index >= 15 is 8.78 Å². The summed E-state index contributed by atoms with van der Waals surface area (Å²) >= 11 is 0. The molecule has 0 bridgehead atoms. The second-order valence-electron chi connectivity index (χ2n) is 18.3. The number of nitrogens with zero attached hydrogens (tertiary/aromatic N) is 4. The molecule has 2 aromatic carbocycles. The summed E-state index contributed by atoms with van der Waals surface area (Å²) in [6.07, 6.45) is -1.12. The molecule has 0 saturated carbocycles. The van der Waals surface area contributed by atoms with Crippen LogP contribution in [0.25, 0.3) is 33.2 Å². The van der Waals surface area contributed by atoms with Gasteiger partial charge in [0.05, 0.1) is 36.6 Å². The number of H-pyrrole nitrogens is 2. The van der Waals surface area contributed by atoms with Crippen LogP contribution in [-0.4, -0.2) is 169 Å². The number of rotatable bonds is 17. The van der Waals surface area contributed by atoms with Crippen molar-refractivity contribution in [3.05, 3.63) is 59.2 Å². The number of carbonyl (C=O) groups is 6. The topological polar surface area (TPSA) is 214 Å². The highest BCUT2D eigenvalue weighted by Gasteiger charge is 2.43. The van der Waals surface area contributed by atoms with Crippen molar-refractivity contribution in [1.29, 1.82) is 0 Å². The van der Waals surface area contributed by atoms with E-state index in [1.54, 1.807) is 91.9 Å². The lowest BCUT2D eigenvalue weighted by Crippen LogP contribution is -2.53. The highest BCUT2D eigenvalue weighted by atomic mass is 19.1. The van der Waals surface area contributed by atoms with E-state index in [9.17, 15) is 28.8 Å². The second kappa shape index (κ2) is 21.8. The Morgan fingerprint density at radius 1 is 0.662 bits per heavy atom. The zero-order valence-electron chi connectivity index (χ0n) is 40.6. The molecule has 2 saturated heterocycles. The zero-order valence-corrected chi connectivity index (χ0v) is 40.6. The van der Waals surface area contributed by atoms with Crippen molar-refractivity contribution in [2.24, 2.45) is 0 Å². The molecular formula is C48H66F2N10O8. The maximum atomic E-state index is 15.1. The number of likely N-dealkylation sites (tertiary alicyclic amines) is 2. The fourth-order valence-electron chi connectivity index (χ4n) is 9.05. The van der Waals surface area contributed by atoms with E-state index in [-0.39, 0.29) is 75.2 Å². The predicted molar refractivity (Wildman–Crippen MR) is 253 cm³/mol. The first kappa shape index (κ1) is 51.1. The maximum absolute atomic E-state index is 15.1. The van der Waals surface area contributed by atoms with Gasteiger partial charge in [-0.25, -0.2) is 18.4 Å². The molecule has 0 unspecified atom stereocenters. The van der Waals surface area contributed by atoms with Crippen LogP contribution in [0.15, 0.2) is 36.4 Å². The molecule has 4 heterocycles. The molecule has 20 heteroatoms. The third-order valence-corrected chi connectivity index (χ3v) is 13.1. The number of benzene rings is 2. The number of fused-ring (bicyclic) bond motifs is 2. The van der Waals surface area contributed by atoms with Gasteiger partial charge in [-0.3, -0.25) is 19.2 Å². The van der Waals surface area contributed by atoms with Gasteiger partial charge in [-0.05, 0) is 101 Å². The van der Waals surface area contributed by atoms with E-state index in [1.165, 1.54) is 34.1 Å². The van der Waals surface area contributed by atoms with Crippen molar-refractivity contribution in [1.82, 2.24) is 50.8 Å². The molecule has 370 valence electrons. The largest absolute Gasteiger partial charge is 0.444 e. The quantitative estimate of drug-likeness (QED) is 0.0895. The smallest absolute Gasteiger partial charge is 0.409 e. The Morgan fingerprint density at radius 3 is 1.35 bits per heavy atom. The number of hydrogen-bond acceptors (Lipinski definition) is 10. The zero-order chi connectivity index (χ0) is 49.7. The predicted octanol–water partition coefficient (Wildman–Crippen LogP) is 4.02. The maximum Gasteiger partial charge on any atom is 0.409 e. The summed E-state index contributed by atoms with van der Waals surface area (Å²) in [4.78, 5) is 93.6. The third-order valence-electron chi connectivity index (χ3n) is 13.1. The number of halogens is 2. The molecule has 2 aliphatic rings. The lowest BCUT2D eigenvalue weighted by molar-refractivity contribution is -0.138. The van der Waals surface area contributed by atoms with E-state index in [0.29, 0.717) is 44.3 Å². The second-order valence-corrected chi connectivity index (χ2v) is 18.3. The van der Waals surface area contributed by atoms with E-state index in [1.807, 2.05) is 0 Å². The van der Waals surface area contributed by atoms with Gasteiger partial charge in [0.2, 0.25) is 23.6 Å². The van der Waals surface area contributed by atoms with Crippen LogP contribution in [0.1, 0.15) is 64.5 Å². The van der Waals surface area contributed by atoms with Gasteiger partial charge in [0.1, 0.15) is 35.9 Å². The van der Waals surface area contributed by atoms with Crippen LogP contribution < -0.4 is 21.3 Å². The normalized spacial score (nSPS) is 19.9. The lowest BCUT2D eigenvalue weighted by Gasteiger charge is -2.30. The van der Waals surface area contributed by atoms with Crippen LogP contribution in [0.4, 0.5) is 18.4 Å². The number of carbonyl (C=O) groups excluding carboxylic acids is 6. The Balaban J connectivity index is 1.46. The Labute approximate surface area is 395 Å². The number of amides is 6. The van der Waals surface area contributed by atoms with E-state index in [4.69, 9.17) is 9.47 Å². The highest BCUT2D eigenvalue weighted by molar-refractivity contribution is 5.97. The molecule has 6 N–H and O–H groups in total. The SMILES string of the molecule is CC[C@H](NC(=O)[C@H](C)NC)C(=O)N1C[C@@H](OC(=O)N(C)C)C[C@H]1Cc1c(-c2[nH]c3cc(F)ccc3c2C[C@@H]2C[C@H](OC(=O)N(C)C)CN2C(=O)[C@H](CC)NC(=O)[C@H](C)NC)[nH]c2cc(F)ccc12. The molecule has 18 nitrogen and oxygen atoms in total. The first-order chi connectivity index (χ1) is 32.3. The Morgan fingerprint density at radius 2 is 1.03 bits per heavy atom. The molecule has 4 aromatic rings. The molecular weight excluding hydrogens is 883 g/mol. The van der Waals surface area contributed by atoms with Crippen LogP contribution in [0.3, 0.4) is 0 Å². The molecule has 6 rings (SSSR count). The van der Waals surface area contributed by atoms with Gasteiger partial charge >= 0.3 is 12.2 Å². The summed E-state index contributed by atoms with van der Waals surface area (Å²) < 4.78 is 41.9. The molecule has 0 spiro atoms. The standard InChI is InChI=1S/C48H66F2N10O8/c1-11-37(55-43(61)25(3)51-5)45(63)59-23-31(67-47(65)57(7)8)19-29(59)21-35-33-15-13-27(49)17-39(33)53-41(35)42-36(34-16-14-28(50)18-40(34)54-42)22-30-20-32(68-48(66)58(9)10)24-60(30)46(64)38(12-2)56-44(62)26(4)52-6/h13-18,25-26,29-32,37-38,51-54H,11-12,19-24H2,1-10H3,(H,55,61)(H,56,62)/t25-,26-,29-,30-,31-,32-,37-,38-/m0/s1. The number of aromatic amines is 2. The number of ether oxygens (including phenoxy) is 2. The molecule has 0 aliphatic carbocycles. The minimum Gasteiger partial charge on any atom is -0.444 e. The summed E-state index contributed by atoms with van der Waals surface area (Å²) in [5.74, 6) is -2.42. The van der Waals surface area contributed by atoms with Crippen LogP contribution >= 0.6 is 0 Å². The van der Waals surface area contributed by atoms with E-state index in [2.05, 4.69) is 31.2 Å². The molecule has 68 heavy (non-hydrogen) atoms. The Hall–Kier alpha value is -6.28. The fourth-order valence-corrected chi connectivity index (χ4v) is 9.05. The molecule has 8 atom stereocenters. The molecule has 6 amide bonds. The van der Waals surface area contributed by atoms with Gasteiger partial charge in [0, 0.05) is 74.9 Å². The van der Waals surface area contributed by atoms with Crippen LogP contribution in [0, 0.1) is 11.6 Å². The Bertz CT molecular complexity index is 2340. The number of aromatic nitrogens is 2. The van der Waals surface area contributed by atoms with E-state index < -0.39 is 72.3 Å². The average molecular weight is 949 g/mol. The van der Waals surface area contributed by atoms with Gasteiger partial charge in [-0.15, -0.1) is 0 Å². The first-order valence-corrected chi connectivity index (χ1v) is 23.2. The summed E-state index contributed by atoms with van der Waals surface area (Å²) in [6.45, 7) is 7.07. The summed E-state index contributed by atoms with van der Waals surface area (Å²) in [6, 6.07) is 4.64. The highest BCUT2D eigenvalue weighted by Crippen LogP contribution is 2.40. The number of nitrogens with one attached hydrogen (secondary N) is 6. The van der Waals surface area contributed by atoms with Gasteiger partial charge in [-0.2, -0.15) is 0 Å². The summed E-state index contributed by atoms with van der Waals surface area (Å²) in [5, 5.41) is 12.8. The third kappa shape index (κ3) is 11.2. The first-order valence-electron chi connectivity index (χ1n) is 23.2. The van der Waals surface area contributed by atoms with Gasteiger partial charge in [0.15, 0.2) is 0 Å². The van der Waals surface area contributed by atoms with Gasteiger partial charge < -0.3 is 60.3 Å². The monoisotopic (exact) mass is 949 g/mol. The van der Waals surface area contributed by atoms with Gasteiger partial charge in [-0.1, -0.05) is 13.8 Å². The van der Waals surface area contributed by atoms with Crippen molar-refractivity contribution in [3.8, 4) is 11.4 Å². The van der Waals surface area contributed by atoms with Crippen molar-refractivity contribution in [3.63, 3.8) is 0 Å². The minimum absolute atomic E-state index is 0.0540. The van der Waals surface area contributed by atoms with Crippen molar-refractivity contribution >= 4 is 57.6 Å². The number of hydrogen-bond donors (Lipinski definition) is 6. The molecule has 2 aromatic heterocycles. The van der Waals surface area contributed by atoms with Crippen molar-refractivity contribution in [2.45, 2.75) is 115 Å². The van der Waals surface area contributed by atoms with Crippen molar-refractivity contribution < 1.29 is 47.0 Å². The Kier molecular flexibility index (Phi) is 16.4. The molecule has 2 aliphatic heterocycles. The summed E-state index contributed by atoms with van der Waals surface area (Å²) in [7, 11) is 9.54. The van der Waals surface area contributed by atoms with Gasteiger partial charge in [0.25, 0.3) is 0 Å². The molecule has 0 radical (unpaired) electrons. The lowest BCUT2D eigenvalue weighted by atomic mass is 9.94. The average Bonchev–Trinajstić information content (AvgIpc) is 4.08. The fraction of sp³-hybridized carbons (Fsp3) is 0.542. The van der Waals surface area contributed by atoms with Crippen LogP contribution in [-0.2, 0) is 41.5 Å². The van der Waals surface area contributed by atoms with Crippen molar-refractivity contribution in [2.75, 3.05) is 55.4 Å². The summed E-state index contributed by atoms with van der Waals surface area (Å²) in [5.41, 5.74) is 3.30. The minimum atomic E-state index is -0.888. The van der Waals surface area contributed by atoms with E-state index in [0.717, 1.165) is 0 Å².